The minimum atomic E-state index is -0.614. The van der Waals surface area contributed by atoms with Crippen LogP contribution < -0.4 is 21.3 Å². The first-order chi connectivity index (χ1) is 32.7. The number of phenols is 1. The summed E-state index contributed by atoms with van der Waals surface area (Å²) < 4.78 is 0. The van der Waals surface area contributed by atoms with E-state index in [1.165, 1.54) is 46.5 Å². The minimum Gasteiger partial charge on any atom is -0.506 e. The van der Waals surface area contributed by atoms with E-state index in [1.807, 2.05) is 32.9 Å². The first-order valence-corrected chi connectivity index (χ1v) is 23.5. The highest BCUT2D eigenvalue weighted by molar-refractivity contribution is 6.10. The molecule has 0 aliphatic heterocycles. The molecule has 0 saturated carbocycles. The predicted molar refractivity (Wildman–Crippen MR) is 274 cm³/mol. The van der Waals surface area contributed by atoms with E-state index in [0.29, 0.717) is 29.8 Å². The van der Waals surface area contributed by atoms with Crippen molar-refractivity contribution >= 4 is 46.3 Å². The van der Waals surface area contributed by atoms with Crippen LogP contribution in [0.1, 0.15) is 131 Å². The Bertz CT molecular complexity index is 2980. The molecule has 0 spiro atoms. The summed E-state index contributed by atoms with van der Waals surface area (Å²) in [5, 5.41) is 22.9. The third-order valence-electron chi connectivity index (χ3n) is 14.2. The van der Waals surface area contributed by atoms with Crippen molar-refractivity contribution in [2.75, 3.05) is 21.3 Å². The van der Waals surface area contributed by atoms with Crippen LogP contribution in [0.3, 0.4) is 0 Å². The third-order valence-corrected chi connectivity index (χ3v) is 14.2. The van der Waals surface area contributed by atoms with Crippen molar-refractivity contribution in [3.05, 3.63) is 208 Å². The molecule has 9 heteroatoms. The van der Waals surface area contributed by atoms with E-state index in [4.69, 9.17) is 0 Å². The van der Waals surface area contributed by atoms with Crippen molar-refractivity contribution in [3.63, 3.8) is 0 Å². The summed E-state index contributed by atoms with van der Waals surface area (Å²) in [5.74, 6) is -1.66. The summed E-state index contributed by atoms with van der Waals surface area (Å²) in [6.45, 7) is 12.5. The zero-order valence-electron chi connectivity index (χ0n) is 39.5. The van der Waals surface area contributed by atoms with E-state index in [9.17, 15) is 24.3 Å². The van der Waals surface area contributed by atoms with Crippen LogP contribution in [0.2, 0.25) is 0 Å². The normalized spacial score (nSPS) is 12.6. The van der Waals surface area contributed by atoms with Crippen LogP contribution in [0.5, 0.6) is 5.75 Å². The van der Waals surface area contributed by atoms with Crippen LogP contribution in [0.25, 0.3) is 11.1 Å². The molecule has 1 aliphatic rings. The topological polar surface area (TPSA) is 137 Å². The SMILES string of the molecule is CCC(C)(CC)Nc1ccc(C2(c3ccc(NC(=O)c4cccc(C(=O)Nc5ccc(O)c(NC(=O)c6cccc(C(=O)C(C)(CC)CC)c6)c5)c4)cc3)c3ccccc3-c3ccccc32)cc1. The summed E-state index contributed by atoms with van der Waals surface area (Å²) in [6, 6.07) is 51.2. The molecule has 0 saturated heterocycles. The Morgan fingerprint density at radius 1 is 0.471 bits per heavy atom. The fourth-order valence-electron chi connectivity index (χ4n) is 9.24. The molecular formula is C59H58N4O5. The second-order valence-corrected chi connectivity index (χ2v) is 18.2. The lowest BCUT2D eigenvalue weighted by Gasteiger charge is -2.34. The smallest absolute Gasteiger partial charge is 0.255 e. The summed E-state index contributed by atoms with van der Waals surface area (Å²) in [6.07, 6.45) is 3.34. The van der Waals surface area contributed by atoms with Gasteiger partial charge in [-0.05, 0) is 139 Å². The Morgan fingerprint density at radius 2 is 0.912 bits per heavy atom. The van der Waals surface area contributed by atoms with Crippen molar-refractivity contribution < 1.29 is 24.3 Å². The maximum atomic E-state index is 13.8. The number of ketones is 1. The highest BCUT2D eigenvalue weighted by Crippen LogP contribution is 2.56. The second kappa shape index (κ2) is 19.2. The molecule has 0 bridgehead atoms. The first-order valence-electron chi connectivity index (χ1n) is 23.5. The molecule has 344 valence electrons. The van der Waals surface area contributed by atoms with Crippen molar-refractivity contribution in [1.29, 1.82) is 0 Å². The van der Waals surface area contributed by atoms with E-state index in [0.717, 1.165) is 29.7 Å². The molecule has 1 aliphatic carbocycles. The fraction of sp³-hybridized carbons (Fsp3) is 0.220. The highest BCUT2D eigenvalue weighted by atomic mass is 16.3. The van der Waals surface area contributed by atoms with Crippen LogP contribution in [-0.4, -0.2) is 34.2 Å². The van der Waals surface area contributed by atoms with Crippen LogP contribution in [0.15, 0.2) is 164 Å². The van der Waals surface area contributed by atoms with Gasteiger partial charge in [0, 0.05) is 50.3 Å². The molecule has 0 aromatic heterocycles. The Hall–Kier alpha value is -7.78. The molecule has 0 radical (unpaired) electrons. The van der Waals surface area contributed by atoms with Crippen LogP contribution in [0.4, 0.5) is 22.7 Å². The second-order valence-electron chi connectivity index (χ2n) is 18.2. The average molecular weight is 903 g/mol. The maximum absolute atomic E-state index is 13.8. The quantitative estimate of drug-likeness (QED) is 0.0372. The number of fused-ring (bicyclic) bond motifs is 3. The van der Waals surface area contributed by atoms with Crippen molar-refractivity contribution in [3.8, 4) is 16.9 Å². The zero-order chi connectivity index (χ0) is 48.2. The number of rotatable bonds is 16. The van der Waals surface area contributed by atoms with Gasteiger partial charge in [-0.1, -0.05) is 126 Å². The molecule has 3 amide bonds. The van der Waals surface area contributed by atoms with Gasteiger partial charge < -0.3 is 26.4 Å². The average Bonchev–Trinajstić information content (AvgIpc) is 3.68. The van der Waals surface area contributed by atoms with E-state index < -0.39 is 22.6 Å². The minimum absolute atomic E-state index is 0.00814. The number of carbonyl (C=O) groups is 4. The van der Waals surface area contributed by atoms with Crippen LogP contribution in [-0.2, 0) is 5.41 Å². The van der Waals surface area contributed by atoms with Crippen LogP contribution >= 0.6 is 0 Å². The summed E-state index contributed by atoms with van der Waals surface area (Å²) >= 11 is 0. The first kappa shape index (κ1) is 46.7. The number of hydrogen-bond acceptors (Lipinski definition) is 6. The predicted octanol–water partition coefficient (Wildman–Crippen LogP) is 13.5. The third kappa shape index (κ3) is 8.92. The molecule has 9 nitrogen and oxygen atoms in total. The van der Waals surface area contributed by atoms with Crippen molar-refractivity contribution in [2.24, 2.45) is 5.41 Å². The Balaban J connectivity index is 0.992. The van der Waals surface area contributed by atoms with E-state index in [-0.39, 0.29) is 45.4 Å². The Morgan fingerprint density at radius 3 is 1.43 bits per heavy atom. The molecule has 7 aromatic rings. The summed E-state index contributed by atoms with van der Waals surface area (Å²) in [4.78, 5) is 54.0. The number of aromatic hydroxyl groups is 1. The number of Topliss-reactive ketones (excluding diaryl/α,β-unsaturated/α-hetero) is 1. The lowest BCUT2D eigenvalue weighted by atomic mass is 9.67. The molecule has 0 heterocycles. The largest absolute Gasteiger partial charge is 0.506 e. The number of amides is 3. The maximum Gasteiger partial charge on any atom is 0.255 e. The van der Waals surface area contributed by atoms with Crippen molar-refractivity contribution in [1.82, 2.24) is 0 Å². The molecule has 0 atom stereocenters. The number of phenolic OH excluding ortho intramolecular Hbond substituents is 1. The number of hydrogen-bond donors (Lipinski definition) is 5. The van der Waals surface area contributed by atoms with Gasteiger partial charge in [0.1, 0.15) is 5.75 Å². The number of benzene rings is 7. The van der Waals surface area contributed by atoms with E-state index in [1.54, 1.807) is 42.5 Å². The fourth-order valence-corrected chi connectivity index (χ4v) is 9.24. The Labute approximate surface area is 399 Å². The standard InChI is InChI=1S/C59H58N4O5/c1-7-57(5,8-2)53(65)38-17-15-18-39(35-38)56(68)62-51-37-46(33-34-52(51)64)61-55(67)41-20-16-19-40(36-41)54(66)60-44-29-25-42(26-30-44)59(43-27-31-45(32-28-43)63-58(6,9-3)10-4)49-23-13-11-21-47(49)48-22-12-14-24-50(48)59/h11-37,63-64H,7-10H2,1-6H3,(H,60,66)(H,61,67)(H,62,68). The van der Waals surface area contributed by atoms with Gasteiger partial charge in [-0.2, -0.15) is 0 Å². The van der Waals surface area contributed by atoms with Gasteiger partial charge in [0.15, 0.2) is 5.78 Å². The zero-order valence-corrected chi connectivity index (χ0v) is 39.5. The number of anilines is 4. The van der Waals surface area contributed by atoms with Gasteiger partial charge in [-0.15, -0.1) is 0 Å². The van der Waals surface area contributed by atoms with Crippen molar-refractivity contribution in [2.45, 2.75) is 78.2 Å². The van der Waals surface area contributed by atoms with Gasteiger partial charge in [-0.25, -0.2) is 0 Å². The van der Waals surface area contributed by atoms with Gasteiger partial charge in [0.25, 0.3) is 17.7 Å². The molecule has 0 unspecified atom stereocenters. The van der Waals surface area contributed by atoms with Gasteiger partial charge in [-0.3, -0.25) is 19.2 Å². The lowest BCUT2D eigenvalue weighted by molar-refractivity contribution is 0.0802. The molecule has 0 fully saturated rings. The lowest BCUT2D eigenvalue weighted by Crippen LogP contribution is -2.33. The molecule has 68 heavy (non-hydrogen) atoms. The van der Waals surface area contributed by atoms with E-state index >= 15 is 0 Å². The van der Waals surface area contributed by atoms with Gasteiger partial charge >= 0.3 is 0 Å². The van der Waals surface area contributed by atoms with E-state index in [2.05, 4.69) is 127 Å². The Kier molecular flexibility index (Phi) is 13.2. The van der Waals surface area contributed by atoms with Gasteiger partial charge in [0.05, 0.1) is 11.1 Å². The highest BCUT2D eigenvalue weighted by Gasteiger charge is 2.46. The molecular weight excluding hydrogens is 845 g/mol. The number of carbonyl (C=O) groups excluding carboxylic acids is 4. The van der Waals surface area contributed by atoms with Gasteiger partial charge in [0.2, 0.25) is 0 Å². The summed E-state index contributed by atoms with van der Waals surface area (Å²) in [7, 11) is 0. The van der Waals surface area contributed by atoms with Crippen LogP contribution in [0, 0.1) is 5.41 Å². The monoisotopic (exact) mass is 902 g/mol. The summed E-state index contributed by atoms with van der Waals surface area (Å²) in [5.41, 5.74) is 9.03. The number of nitrogens with one attached hydrogen (secondary N) is 4. The molecule has 7 aromatic carbocycles. The molecule has 8 rings (SSSR count). The molecule has 5 N–H and O–H groups in total.